The molecule has 27 heavy (non-hydrogen) atoms. The molecule has 1 aromatic rings. The molecule has 0 unspecified atom stereocenters. The molecule has 2 fully saturated rings. The molecule has 0 saturated carbocycles. The van der Waals surface area contributed by atoms with Crippen molar-refractivity contribution in [3.63, 3.8) is 0 Å². The number of carbonyl (C=O) groups excluding carboxylic acids is 2. The van der Waals surface area contributed by atoms with Gasteiger partial charge in [0, 0.05) is 37.7 Å². The van der Waals surface area contributed by atoms with Gasteiger partial charge >= 0.3 is 5.97 Å². The van der Waals surface area contributed by atoms with Gasteiger partial charge in [-0.15, -0.1) is 0 Å². The van der Waals surface area contributed by atoms with Crippen LogP contribution in [0.1, 0.15) is 42.1 Å². The number of rotatable bonds is 3. The molecule has 1 N–H and O–H groups in total. The SMILES string of the molecule is COc1cccc(C(=O)N2CCC3(CC2)C[C@@H](C(=O)O)N(C(C)=O)C3)c1C. The van der Waals surface area contributed by atoms with Crippen molar-refractivity contribution in [2.45, 2.75) is 39.2 Å². The van der Waals surface area contributed by atoms with E-state index < -0.39 is 12.0 Å². The zero-order valence-corrected chi connectivity index (χ0v) is 16.0. The Hall–Kier alpha value is -2.57. The standard InChI is InChI=1S/C20H26N2O5/c1-13-15(5-4-6-17(13)27-3)18(24)21-9-7-20(8-10-21)11-16(19(25)26)22(12-20)14(2)23/h4-6,16H,7-12H2,1-3H3,(H,25,26)/t16-/m0/s1. The van der Waals surface area contributed by atoms with Gasteiger partial charge in [-0.3, -0.25) is 9.59 Å². The summed E-state index contributed by atoms with van der Waals surface area (Å²) in [6.45, 7) is 4.87. The van der Waals surface area contributed by atoms with Gasteiger partial charge < -0.3 is 19.6 Å². The van der Waals surface area contributed by atoms with E-state index in [2.05, 4.69) is 0 Å². The molecule has 0 bridgehead atoms. The number of carboxylic acids is 1. The molecule has 1 atom stereocenters. The summed E-state index contributed by atoms with van der Waals surface area (Å²) in [6.07, 6.45) is 1.87. The van der Waals surface area contributed by atoms with Crippen LogP contribution in [0.5, 0.6) is 5.75 Å². The number of carbonyl (C=O) groups is 3. The number of hydrogen-bond acceptors (Lipinski definition) is 4. The average Bonchev–Trinajstić information content (AvgIpc) is 3.02. The molecular weight excluding hydrogens is 348 g/mol. The van der Waals surface area contributed by atoms with Gasteiger partial charge in [0.25, 0.3) is 5.91 Å². The monoisotopic (exact) mass is 374 g/mol. The van der Waals surface area contributed by atoms with Crippen LogP contribution in [-0.2, 0) is 9.59 Å². The van der Waals surface area contributed by atoms with Gasteiger partial charge in [0.1, 0.15) is 11.8 Å². The number of hydrogen-bond donors (Lipinski definition) is 1. The lowest BCUT2D eigenvalue weighted by atomic mass is 9.76. The van der Waals surface area contributed by atoms with Crippen LogP contribution in [0.25, 0.3) is 0 Å². The van der Waals surface area contributed by atoms with Crippen LogP contribution in [-0.4, -0.2) is 65.5 Å². The van der Waals surface area contributed by atoms with Crippen molar-refractivity contribution in [1.29, 1.82) is 0 Å². The van der Waals surface area contributed by atoms with E-state index in [0.717, 1.165) is 5.56 Å². The van der Waals surface area contributed by atoms with E-state index in [9.17, 15) is 19.5 Å². The number of methoxy groups -OCH3 is 1. The van der Waals surface area contributed by atoms with E-state index >= 15 is 0 Å². The molecule has 1 spiro atoms. The summed E-state index contributed by atoms with van der Waals surface area (Å²) < 4.78 is 5.30. The van der Waals surface area contributed by atoms with Crippen molar-refractivity contribution in [1.82, 2.24) is 9.80 Å². The molecule has 146 valence electrons. The molecule has 2 amide bonds. The highest BCUT2D eigenvalue weighted by atomic mass is 16.5. The van der Waals surface area contributed by atoms with Crippen LogP contribution in [0.4, 0.5) is 0 Å². The number of benzene rings is 1. The second-order valence-corrected chi connectivity index (χ2v) is 7.63. The molecule has 0 radical (unpaired) electrons. The van der Waals surface area contributed by atoms with Gasteiger partial charge in [0.05, 0.1) is 7.11 Å². The molecule has 1 aromatic carbocycles. The van der Waals surface area contributed by atoms with E-state index in [1.54, 1.807) is 13.2 Å². The average molecular weight is 374 g/mol. The first kappa shape index (κ1) is 19.2. The fourth-order valence-electron chi connectivity index (χ4n) is 4.39. The highest BCUT2D eigenvalue weighted by Gasteiger charge is 2.49. The Balaban J connectivity index is 1.71. The minimum atomic E-state index is -0.951. The van der Waals surface area contributed by atoms with E-state index in [1.165, 1.54) is 11.8 Å². The molecule has 0 aliphatic carbocycles. The Bertz CT molecular complexity index is 744. The summed E-state index contributed by atoms with van der Waals surface area (Å²) in [5.74, 6) is -0.499. The Labute approximate surface area is 158 Å². The highest BCUT2D eigenvalue weighted by molar-refractivity contribution is 5.96. The lowest BCUT2D eigenvalue weighted by Crippen LogP contribution is -2.44. The Kier molecular flexibility index (Phi) is 5.13. The van der Waals surface area contributed by atoms with Gasteiger partial charge in [0.2, 0.25) is 5.91 Å². The number of piperidine rings is 1. The minimum Gasteiger partial charge on any atom is -0.496 e. The van der Waals surface area contributed by atoms with Crippen molar-refractivity contribution in [3.05, 3.63) is 29.3 Å². The Morgan fingerprint density at radius 1 is 1.22 bits per heavy atom. The first-order valence-corrected chi connectivity index (χ1v) is 9.21. The van der Waals surface area contributed by atoms with E-state index in [-0.39, 0.29) is 17.2 Å². The van der Waals surface area contributed by atoms with Crippen LogP contribution in [0.15, 0.2) is 18.2 Å². The molecule has 7 heteroatoms. The summed E-state index contributed by atoms with van der Waals surface area (Å²) >= 11 is 0. The summed E-state index contributed by atoms with van der Waals surface area (Å²) in [4.78, 5) is 39.6. The number of nitrogens with zero attached hydrogens (tertiary/aromatic N) is 2. The lowest BCUT2D eigenvalue weighted by Gasteiger charge is -2.39. The highest BCUT2D eigenvalue weighted by Crippen LogP contribution is 2.43. The number of aliphatic carboxylic acids is 1. The summed E-state index contributed by atoms with van der Waals surface area (Å²) in [7, 11) is 1.58. The third-order valence-electron chi connectivity index (χ3n) is 6.04. The van der Waals surface area contributed by atoms with Gasteiger partial charge in [-0.25, -0.2) is 4.79 Å². The normalized spacial score (nSPS) is 21.4. The van der Waals surface area contributed by atoms with Crippen molar-refractivity contribution in [2.75, 3.05) is 26.7 Å². The molecule has 3 rings (SSSR count). The number of ether oxygens (including phenoxy) is 1. The van der Waals surface area contributed by atoms with Crippen molar-refractivity contribution in [3.8, 4) is 5.75 Å². The first-order valence-electron chi connectivity index (χ1n) is 9.21. The summed E-state index contributed by atoms with van der Waals surface area (Å²) in [6, 6.07) is 4.69. The number of likely N-dealkylation sites (tertiary alicyclic amines) is 2. The van der Waals surface area contributed by atoms with Crippen LogP contribution < -0.4 is 4.74 Å². The molecule has 2 heterocycles. The largest absolute Gasteiger partial charge is 0.496 e. The fraction of sp³-hybridized carbons (Fsp3) is 0.550. The third kappa shape index (κ3) is 3.50. The van der Waals surface area contributed by atoms with Crippen molar-refractivity contribution in [2.24, 2.45) is 5.41 Å². The van der Waals surface area contributed by atoms with Crippen LogP contribution in [0.2, 0.25) is 0 Å². The summed E-state index contributed by atoms with van der Waals surface area (Å²) in [5, 5.41) is 9.45. The lowest BCUT2D eigenvalue weighted by molar-refractivity contribution is -0.147. The molecule has 2 aliphatic heterocycles. The summed E-state index contributed by atoms with van der Waals surface area (Å²) in [5.41, 5.74) is 1.24. The van der Waals surface area contributed by atoms with Crippen molar-refractivity contribution < 1.29 is 24.2 Å². The predicted molar refractivity (Wildman–Crippen MR) is 98.7 cm³/mol. The number of carboxylic acid groups (broad SMARTS) is 1. The molecular formula is C20H26N2O5. The maximum absolute atomic E-state index is 12.9. The molecule has 2 aliphatic rings. The zero-order chi connectivity index (χ0) is 19.8. The first-order chi connectivity index (χ1) is 12.8. The van der Waals surface area contributed by atoms with Crippen molar-refractivity contribution >= 4 is 17.8 Å². The second kappa shape index (κ2) is 7.21. The Morgan fingerprint density at radius 2 is 1.89 bits per heavy atom. The van der Waals surface area contributed by atoms with Crippen LogP contribution in [0.3, 0.4) is 0 Å². The minimum absolute atomic E-state index is 0.0301. The Morgan fingerprint density at radius 3 is 2.41 bits per heavy atom. The second-order valence-electron chi connectivity index (χ2n) is 7.63. The van der Waals surface area contributed by atoms with Gasteiger partial charge in [-0.2, -0.15) is 0 Å². The topological polar surface area (TPSA) is 87.2 Å². The maximum atomic E-state index is 12.9. The smallest absolute Gasteiger partial charge is 0.326 e. The van der Waals surface area contributed by atoms with Gasteiger partial charge in [-0.05, 0) is 43.7 Å². The molecule has 7 nitrogen and oxygen atoms in total. The quantitative estimate of drug-likeness (QED) is 0.874. The van der Waals surface area contributed by atoms with Crippen LogP contribution in [0, 0.1) is 12.3 Å². The van der Waals surface area contributed by atoms with E-state index in [0.29, 0.717) is 50.2 Å². The van der Waals surface area contributed by atoms with E-state index in [1.807, 2.05) is 24.0 Å². The number of amides is 2. The van der Waals surface area contributed by atoms with Gasteiger partial charge in [0.15, 0.2) is 0 Å². The third-order valence-corrected chi connectivity index (χ3v) is 6.04. The molecule has 2 saturated heterocycles. The zero-order valence-electron chi connectivity index (χ0n) is 16.0. The van der Waals surface area contributed by atoms with E-state index in [4.69, 9.17) is 4.74 Å². The van der Waals surface area contributed by atoms with Crippen LogP contribution >= 0.6 is 0 Å². The van der Waals surface area contributed by atoms with Gasteiger partial charge in [-0.1, -0.05) is 6.07 Å². The molecule has 0 aromatic heterocycles. The maximum Gasteiger partial charge on any atom is 0.326 e. The predicted octanol–water partition coefficient (Wildman–Crippen LogP) is 1.93. The fourth-order valence-corrected chi connectivity index (χ4v) is 4.39.